The van der Waals surface area contributed by atoms with Crippen molar-refractivity contribution in [1.29, 1.82) is 0 Å². The van der Waals surface area contributed by atoms with Crippen LogP contribution < -0.4 is 5.32 Å². The fraction of sp³-hybridized carbons (Fsp3) is 0.471. The third-order valence-corrected chi connectivity index (χ3v) is 4.73. The fourth-order valence-electron chi connectivity index (χ4n) is 3.48. The molecule has 2 aliphatic rings. The molecule has 1 aromatic heterocycles. The Bertz CT molecular complexity index is 748. The van der Waals surface area contributed by atoms with Gasteiger partial charge in [0, 0.05) is 31.2 Å². The van der Waals surface area contributed by atoms with E-state index in [0.717, 1.165) is 39.0 Å². The zero-order valence-electron chi connectivity index (χ0n) is 13.8. The number of nitrogens with one attached hydrogen (secondary N) is 1. The minimum Gasteiger partial charge on any atom is -0.419 e. The lowest BCUT2D eigenvalue weighted by atomic mass is 10.0. The van der Waals surface area contributed by atoms with E-state index >= 15 is 0 Å². The lowest BCUT2D eigenvalue weighted by molar-refractivity contribution is 0.115. The van der Waals surface area contributed by atoms with E-state index in [1.54, 1.807) is 12.1 Å². The molecule has 0 bridgehead atoms. The van der Waals surface area contributed by atoms with Gasteiger partial charge in [0.1, 0.15) is 5.82 Å². The topological polar surface area (TPSA) is 74.5 Å². The molecule has 2 aromatic rings. The Morgan fingerprint density at radius 2 is 2.08 bits per heavy atom. The first-order valence-electron chi connectivity index (χ1n) is 8.54. The van der Waals surface area contributed by atoms with Crippen LogP contribution in [0.25, 0.3) is 11.5 Å². The maximum Gasteiger partial charge on any atom is 0.317 e. The number of aromatic nitrogens is 2. The van der Waals surface area contributed by atoms with Crippen molar-refractivity contribution in [3.63, 3.8) is 0 Å². The minimum atomic E-state index is -0.297. The number of nitrogens with zero attached hydrogens (tertiary/aromatic N) is 4. The summed E-state index contributed by atoms with van der Waals surface area (Å²) in [6.07, 6.45) is 2.06. The first-order chi connectivity index (χ1) is 12.2. The maximum atomic E-state index is 13.0. The van der Waals surface area contributed by atoms with E-state index < -0.39 is 0 Å². The number of hydrogen-bond donors (Lipinski definition) is 1. The summed E-state index contributed by atoms with van der Waals surface area (Å²) in [7, 11) is 0. The largest absolute Gasteiger partial charge is 0.419 e. The van der Waals surface area contributed by atoms with E-state index in [4.69, 9.17) is 4.42 Å². The van der Waals surface area contributed by atoms with Crippen LogP contribution in [0.15, 0.2) is 28.7 Å². The van der Waals surface area contributed by atoms with Crippen LogP contribution in [0.5, 0.6) is 0 Å². The molecule has 3 heterocycles. The third-order valence-electron chi connectivity index (χ3n) is 4.73. The van der Waals surface area contributed by atoms with Gasteiger partial charge in [-0.3, -0.25) is 4.90 Å². The van der Waals surface area contributed by atoms with E-state index in [1.165, 1.54) is 12.1 Å². The van der Waals surface area contributed by atoms with Crippen LogP contribution in [-0.4, -0.2) is 58.2 Å². The van der Waals surface area contributed by atoms with Gasteiger partial charge in [-0.25, -0.2) is 9.18 Å². The van der Waals surface area contributed by atoms with Crippen molar-refractivity contribution in [1.82, 2.24) is 25.3 Å². The van der Waals surface area contributed by atoms with Crippen LogP contribution in [0.4, 0.5) is 9.18 Å². The number of piperidine rings is 1. The number of carbonyl (C=O) groups is 1. The Hall–Kier alpha value is -2.48. The predicted octanol–water partition coefficient (Wildman–Crippen LogP) is 1.87. The average Bonchev–Trinajstić information content (AvgIpc) is 3.25. The molecule has 2 amide bonds. The highest BCUT2D eigenvalue weighted by molar-refractivity contribution is 5.76. The first kappa shape index (κ1) is 16.0. The number of urea groups is 1. The summed E-state index contributed by atoms with van der Waals surface area (Å²) in [6, 6.07) is 6.25. The van der Waals surface area contributed by atoms with E-state index in [9.17, 15) is 9.18 Å². The molecule has 4 rings (SSSR count). The van der Waals surface area contributed by atoms with Gasteiger partial charge in [-0.05, 0) is 43.7 Å². The van der Waals surface area contributed by atoms with E-state index in [2.05, 4.69) is 20.4 Å². The van der Waals surface area contributed by atoms with Crippen LogP contribution in [0.1, 0.15) is 18.7 Å². The maximum absolute atomic E-state index is 13.0. The van der Waals surface area contributed by atoms with Crippen molar-refractivity contribution in [2.45, 2.75) is 25.4 Å². The lowest BCUT2D eigenvalue weighted by Gasteiger charge is -2.36. The van der Waals surface area contributed by atoms with Gasteiger partial charge >= 0.3 is 6.03 Å². The Morgan fingerprint density at radius 3 is 2.84 bits per heavy atom. The van der Waals surface area contributed by atoms with Crippen LogP contribution in [-0.2, 0) is 6.54 Å². The normalized spacial score (nSPS) is 21.6. The van der Waals surface area contributed by atoms with Gasteiger partial charge in [-0.1, -0.05) is 0 Å². The van der Waals surface area contributed by atoms with Gasteiger partial charge < -0.3 is 14.6 Å². The second-order valence-corrected chi connectivity index (χ2v) is 6.46. The van der Waals surface area contributed by atoms with Crippen LogP contribution in [0, 0.1) is 5.82 Å². The summed E-state index contributed by atoms with van der Waals surface area (Å²) in [5.41, 5.74) is 0.699. The number of benzene rings is 1. The van der Waals surface area contributed by atoms with Gasteiger partial charge in [-0.15, -0.1) is 10.2 Å². The van der Waals surface area contributed by atoms with Crippen molar-refractivity contribution in [3.05, 3.63) is 36.0 Å². The first-order valence-corrected chi connectivity index (χ1v) is 8.54. The summed E-state index contributed by atoms with van der Waals surface area (Å²) in [4.78, 5) is 16.0. The molecule has 2 aliphatic heterocycles. The molecule has 1 N–H and O–H groups in total. The van der Waals surface area contributed by atoms with Gasteiger partial charge in [0.15, 0.2) is 0 Å². The van der Waals surface area contributed by atoms with Crippen LogP contribution in [0.2, 0.25) is 0 Å². The molecular formula is C17H20FN5O2. The number of likely N-dealkylation sites (tertiary alicyclic amines) is 1. The summed E-state index contributed by atoms with van der Waals surface area (Å²) in [5, 5.41) is 11.0. The fourth-order valence-corrected chi connectivity index (χ4v) is 3.48. The molecule has 7 nitrogen and oxygen atoms in total. The van der Waals surface area contributed by atoms with Crippen molar-refractivity contribution in [2.24, 2.45) is 0 Å². The Morgan fingerprint density at radius 1 is 1.24 bits per heavy atom. The van der Waals surface area contributed by atoms with Crippen molar-refractivity contribution >= 4 is 6.03 Å². The lowest BCUT2D eigenvalue weighted by Crippen LogP contribution is -2.48. The number of halogens is 1. The monoisotopic (exact) mass is 345 g/mol. The van der Waals surface area contributed by atoms with E-state index in [0.29, 0.717) is 23.9 Å². The third kappa shape index (κ3) is 3.48. The summed E-state index contributed by atoms with van der Waals surface area (Å²) < 4.78 is 18.7. The van der Waals surface area contributed by atoms with Gasteiger partial charge in [-0.2, -0.15) is 0 Å². The van der Waals surface area contributed by atoms with E-state index in [-0.39, 0.29) is 17.9 Å². The van der Waals surface area contributed by atoms with Crippen LogP contribution >= 0.6 is 0 Å². The Labute approximate surface area is 144 Å². The molecule has 0 spiro atoms. The molecule has 0 aliphatic carbocycles. The van der Waals surface area contributed by atoms with Crippen molar-refractivity contribution in [2.75, 3.05) is 26.2 Å². The molecule has 2 saturated heterocycles. The summed E-state index contributed by atoms with van der Waals surface area (Å²) in [6.45, 7) is 3.80. The smallest absolute Gasteiger partial charge is 0.317 e. The van der Waals surface area contributed by atoms with Crippen LogP contribution in [0.3, 0.4) is 0 Å². The molecule has 1 atom stereocenters. The molecule has 2 fully saturated rings. The average molecular weight is 345 g/mol. The SMILES string of the molecule is O=C1NCCN1[C@H]1CCCN(Cc2nnc(-c3ccc(F)cc3)o2)C1. The molecule has 0 saturated carbocycles. The molecule has 0 radical (unpaired) electrons. The number of amides is 2. The second-order valence-electron chi connectivity index (χ2n) is 6.46. The highest BCUT2D eigenvalue weighted by Gasteiger charge is 2.31. The zero-order valence-corrected chi connectivity index (χ0v) is 13.8. The minimum absolute atomic E-state index is 0.0308. The number of hydrogen-bond acceptors (Lipinski definition) is 5. The quantitative estimate of drug-likeness (QED) is 0.916. The number of rotatable bonds is 4. The summed E-state index contributed by atoms with van der Waals surface area (Å²) >= 11 is 0. The predicted molar refractivity (Wildman–Crippen MR) is 88.1 cm³/mol. The van der Waals surface area contributed by atoms with Crippen molar-refractivity contribution < 1.29 is 13.6 Å². The highest BCUT2D eigenvalue weighted by Crippen LogP contribution is 2.21. The second kappa shape index (κ2) is 6.79. The molecular weight excluding hydrogens is 325 g/mol. The molecule has 0 unspecified atom stereocenters. The Balaban J connectivity index is 1.40. The molecule has 132 valence electrons. The molecule has 8 heteroatoms. The number of carbonyl (C=O) groups excluding carboxylic acids is 1. The molecule has 1 aromatic carbocycles. The standard InChI is InChI=1S/C17H20FN5O2/c18-13-5-3-12(4-6-13)16-21-20-15(25-16)11-22-8-1-2-14(10-22)23-9-7-19-17(23)24/h3-6,14H,1-2,7-11H2,(H,19,24)/t14-/m0/s1. The van der Waals surface area contributed by atoms with Gasteiger partial charge in [0.2, 0.25) is 11.8 Å². The van der Waals surface area contributed by atoms with Crippen molar-refractivity contribution in [3.8, 4) is 11.5 Å². The van der Waals surface area contributed by atoms with Gasteiger partial charge in [0.05, 0.1) is 6.54 Å². The Kier molecular flexibility index (Phi) is 4.35. The summed E-state index contributed by atoms with van der Waals surface area (Å²) in [5.74, 6) is 0.627. The zero-order chi connectivity index (χ0) is 17.2. The highest BCUT2D eigenvalue weighted by atomic mass is 19.1. The van der Waals surface area contributed by atoms with E-state index in [1.807, 2.05) is 4.90 Å². The molecule has 25 heavy (non-hydrogen) atoms. The van der Waals surface area contributed by atoms with Gasteiger partial charge in [0.25, 0.3) is 0 Å².